The zero-order valence-corrected chi connectivity index (χ0v) is 14.3. The van der Waals surface area contributed by atoms with Crippen LogP contribution in [0.1, 0.15) is 44.6 Å². The number of piperidine rings is 1. The van der Waals surface area contributed by atoms with Gasteiger partial charge in [-0.05, 0) is 56.7 Å². The Hall–Kier alpha value is -2.06. The quantitative estimate of drug-likeness (QED) is 0.780. The molecule has 2 rings (SSSR count). The Kier molecular flexibility index (Phi) is 7.07. The molecule has 0 saturated carbocycles. The lowest BCUT2D eigenvalue weighted by Crippen LogP contribution is -2.46. The second kappa shape index (κ2) is 9.29. The molecule has 1 N–H and O–H groups in total. The predicted molar refractivity (Wildman–Crippen MR) is 91.5 cm³/mol. The topological polar surface area (TPSA) is 73.6 Å². The fraction of sp³-hybridized carbons (Fsp3) is 0.579. The highest BCUT2D eigenvalue weighted by atomic mass is 16.5. The number of aliphatic hydroxyl groups is 1. The lowest BCUT2D eigenvalue weighted by Gasteiger charge is -2.37. The van der Waals surface area contributed by atoms with Gasteiger partial charge < -0.3 is 14.7 Å². The number of hydrogen-bond donors (Lipinski definition) is 1. The number of nitrogens with zero attached hydrogens (tertiary/aromatic N) is 2. The minimum Gasteiger partial charge on any atom is -0.494 e. The van der Waals surface area contributed by atoms with Crippen molar-refractivity contribution in [3.63, 3.8) is 0 Å². The van der Waals surface area contributed by atoms with Crippen LogP contribution in [0.15, 0.2) is 24.3 Å². The summed E-state index contributed by atoms with van der Waals surface area (Å²) in [6, 6.07) is 9.44. The van der Waals surface area contributed by atoms with Crippen LogP contribution in [0.3, 0.4) is 0 Å². The Morgan fingerprint density at radius 1 is 1.42 bits per heavy atom. The van der Waals surface area contributed by atoms with Crippen molar-refractivity contribution in [3.05, 3.63) is 29.8 Å². The number of unbranched alkanes of at least 4 members (excludes halogenated alkanes) is 1. The number of ether oxygens (including phenoxy) is 1. The first-order valence-electron chi connectivity index (χ1n) is 8.67. The van der Waals surface area contributed by atoms with Gasteiger partial charge >= 0.3 is 0 Å². The first kappa shape index (κ1) is 18.3. The van der Waals surface area contributed by atoms with Crippen LogP contribution >= 0.6 is 0 Å². The monoisotopic (exact) mass is 330 g/mol. The van der Waals surface area contributed by atoms with Crippen molar-refractivity contribution in [3.8, 4) is 11.8 Å². The summed E-state index contributed by atoms with van der Waals surface area (Å²) in [6.07, 6.45) is 4.06. The van der Waals surface area contributed by atoms with E-state index < -0.39 is 0 Å². The molecule has 0 radical (unpaired) electrons. The lowest BCUT2D eigenvalue weighted by molar-refractivity contribution is -0.136. The van der Waals surface area contributed by atoms with Gasteiger partial charge in [0.05, 0.1) is 18.2 Å². The molecule has 5 nitrogen and oxygen atoms in total. The van der Waals surface area contributed by atoms with Crippen LogP contribution in [-0.2, 0) is 4.79 Å². The molecule has 1 aliphatic rings. The van der Waals surface area contributed by atoms with Gasteiger partial charge in [-0.3, -0.25) is 4.79 Å². The van der Waals surface area contributed by atoms with E-state index in [2.05, 4.69) is 13.0 Å². The highest BCUT2D eigenvalue weighted by Crippen LogP contribution is 2.22. The summed E-state index contributed by atoms with van der Waals surface area (Å²) < 4.78 is 5.62. The maximum Gasteiger partial charge on any atom is 0.222 e. The molecule has 2 unspecified atom stereocenters. The molecule has 5 heteroatoms. The molecule has 0 bridgehead atoms. The first-order valence-corrected chi connectivity index (χ1v) is 8.67. The lowest BCUT2D eigenvalue weighted by atomic mass is 9.93. The number of amides is 1. The zero-order chi connectivity index (χ0) is 17.4. The third kappa shape index (κ3) is 5.24. The van der Waals surface area contributed by atoms with Crippen molar-refractivity contribution in [2.24, 2.45) is 5.92 Å². The van der Waals surface area contributed by atoms with E-state index in [0.29, 0.717) is 30.9 Å². The normalized spacial score (nSPS) is 20.5. The van der Waals surface area contributed by atoms with E-state index in [9.17, 15) is 9.90 Å². The van der Waals surface area contributed by atoms with Crippen LogP contribution in [0, 0.1) is 17.2 Å². The van der Waals surface area contributed by atoms with Crippen molar-refractivity contribution in [2.75, 3.05) is 19.8 Å². The molecule has 1 aliphatic heterocycles. The van der Waals surface area contributed by atoms with E-state index in [0.717, 1.165) is 25.7 Å². The van der Waals surface area contributed by atoms with E-state index >= 15 is 0 Å². The second-order valence-electron chi connectivity index (χ2n) is 6.47. The van der Waals surface area contributed by atoms with Gasteiger partial charge in [-0.2, -0.15) is 5.26 Å². The molecule has 1 saturated heterocycles. The Morgan fingerprint density at radius 3 is 3.00 bits per heavy atom. The Bertz CT molecular complexity index is 582. The number of likely N-dealkylation sites (tertiary alicyclic amines) is 1. The molecule has 0 aromatic heterocycles. The van der Waals surface area contributed by atoms with E-state index in [1.54, 1.807) is 18.2 Å². The van der Waals surface area contributed by atoms with E-state index in [1.165, 1.54) is 0 Å². The van der Waals surface area contributed by atoms with Gasteiger partial charge in [-0.25, -0.2) is 0 Å². The van der Waals surface area contributed by atoms with Crippen molar-refractivity contribution < 1.29 is 14.6 Å². The number of carbonyl (C=O) groups is 1. The molecule has 1 amide bonds. The molecule has 2 atom stereocenters. The Morgan fingerprint density at radius 2 is 2.25 bits per heavy atom. The summed E-state index contributed by atoms with van der Waals surface area (Å²) in [5.74, 6) is 1.09. The van der Waals surface area contributed by atoms with Gasteiger partial charge in [0.15, 0.2) is 0 Å². The number of carbonyl (C=O) groups excluding carboxylic acids is 1. The van der Waals surface area contributed by atoms with Crippen LogP contribution in [0.4, 0.5) is 0 Å². The summed E-state index contributed by atoms with van der Waals surface area (Å²) in [4.78, 5) is 14.3. The zero-order valence-electron chi connectivity index (χ0n) is 14.3. The van der Waals surface area contributed by atoms with Crippen LogP contribution < -0.4 is 4.74 Å². The number of rotatable bonds is 7. The number of nitriles is 1. The average molecular weight is 330 g/mol. The smallest absolute Gasteiger partial charge is 0.222 e. The molecule has 1 aromatic carbocycles. The van der Waals surface area contributed by atoms with Crippen molar-refractivity contribution in [1.82, 2.24) is 4.90 Å². The summed E-state index contributed by atoms with van der Waals surface area (Å²) >= 11 is 0. The molecule has 24 heavy (non-hydrogen) atoms. The van der Waals surface area contributed by atoms with Gasteiger partial charge in [0.2, 0.25) is 5.91 Å². The second-order valence-corrected chi connectivity index (χ2v) is 6.47. The van der Waals surface area contributed by atoms with Crippen molar-refractivity contribution >= 4 is 5.91 Å². The van der Waals surface area contributed by atoms with Gasteiger partial charge in [-0.15, -0.1) is 0 Å². The van der Waals surface area contributed by atoms with E-state index in [4.69, 9.17) is 10.00 Å². The van der Waals surface area contributed by atoms with Crippen LogP contribution in [-0.4, -0.2) is 41.7 Å². The SMILES string of the molecule is CC1CCC(CO)CN1C(=O)CCCCOc1cccc(C#N)c1. The standard InChI is InChI=1S/C19H26N2O3/c1-15-8-9-17(14-22)13-21(15)19(23)7-2-3-10-24-18-6-4-5-16(11-18)12-20/h4-6,11,15,17,22H,2-3,7-10,13-14H2,1H3. The summed E-state index contributed by atoms with van der Waals surface area (Å²) in [7, 11) is 0. The minimum atomic E-state index is 0.159. The van der Waals surface area contributed by atoms with Crippen LogP contribution in [0.2, 0.25) is 0 Å². The van der Waals surface area contributed by atoms with Crippen LogP contribution in [0.5, 0.6) is 5.75 Å². The maximum absolute atomic E-state index is 12.4. The molecule has 1 fully saturated rings. The summed E-state index contributed by atoms with van der Waals surface area (Å²) in [5.41, 5.74) is 0.584. The fourth-order valence-corrected chi connectivity index (χ4v) is 3.05. The maximum atomic E-state index is 12.4. The highest BCUT2D eigenvalue weighted by molar-refractivity contribution is 5.76. The molecular formula is C19H26N2O3. The molecule has 0 spiro atoms. The Labute approximate surface area is 143 Å². The van der Waals surface area contributed by atoms with E-state index in [-0.39, 0.29) is 24.5 Å². The largest absolute Gasteiger partial charge is 0.494 e. The third-order valence-corrected chi connectivity index (χ3v) is 4.58. The number of hydrogen-bond acceptors (Lipinski definition) is 4. The van der Waals surface area contributed by atoms with Crippen molar-refractivity contribution in [2.45, 2.75) is 45.1 Å². The van der Waals surface area contributed by atoms with Gasteiger partial charge in [0.25, 0.3) is 0 Å². The molecule has 1 heterocycles. The molecule has 130 valence electrons. The Balaban J connectivity index is 1.68. The first-order chi connectivity index (χ1) is 11.6. The fourth-order valence-electron chi connectivity index (χ4n) is 3.05. The average Bonchev–Trinajstić information content (AvgIpc) is 2.61. The van der Waals surface area contributed by atoms with E-state index in [1.807, 2.05) is 11.0 Å². The third-order valence-electron chi connectivity index (χ3n) is 4.58. The van der Waals surface area contributed by atoms with Crippen molar-refractivity contribution in [1.29, 1.82) is 5.26 Å². The highest BCUT2D eigenvalue weighted by Gasteiger charge is 2.27. The minimum absolute atomic E-state index is 0.159. The van der Waals surface area contributed by atoms with Gasteiger partial charge in [0, 0.05) is 25.6 Å². The molecule has 1 aromatic rings. The summed E-state index contributed by atoms with van der Waals surface area (Å²) in [5, 5.41) is 18.1. The predicted octanol–water partition coefficient (Wildman–Crippen LogP) is 2.73. The van der Waals surface area contributed by atoms with Crippen LogP contribution in [0.25, 0.3) is 0 Å². The number of benzene rings is 1. The van der Waals surface area contributed by atoms with Gasteiger partial charge in [-0.1, -0.05) is 6.07 Å². The van der Waals surface area contributed by atoms with Gasteiger partial charge in [0.1, 0.15) is 5.75 Å². The number of aliphatic hydroxyl groups excluding tert-OH is 1. The summed E-state index contributed by atoms with van der Waals surface area (Å²) in [6.45, 7) is 3.45. The molecular weight excluding hydrogens is 304 g/mol. The molecule has 0 aliphatic carbocycles.